The Kier molecular flexibility index (Phi) is 5.05. The topological polar surface area (TPSA) is 50.4 Å². The zero-order valence-corrected chi connectivity index (χ0v) is 9.77. The molecule has 4 nitrogen and oxygen atoms in total. The molecule has 0 bridgehead atoms. The van der Waals surface area contributed by atoms with Crippen molar-refractivity contribution in [2.75, 3.05) is 26.2 Å². The van der Waals surface area contributed by atoms with Crippen LogP contribution in [-0.4, -0.2) is 37.7 Å². The number of nitrogens with one attached hydrogen (secondary N) is 2. The van der Waals surface area contributed by atoms with Crippen LogP contribution in [0.25, 0.3) is 0 Å². The summed E-state index contributed by atoms with van der Waals surface area (Å²) in [4.78, 5) is 11.1. The summed E-state index contributed by atoms with van der Waals surface area (Å²) in [6.07, 6.45) is 2.81. The van der Waals surface area contributed by atoms with E-state index < -0.39 is 0 Å². The zero-order chi connectivity index (χ0) is 11.1. The van der Waals surface area contributed by atoms with Gasteiger partial charge in [0.25, 0.3) is 0 Å². The van der Waals surface area contributed by atoms with Gasteiger partial charge in [-0.15, -0.1) is 0 Å². The molecule has 1 atom stereocenters. The molecule has 0 aromatic rings. The first-order valence-electron chi connectivity index (χ1n) is 5.78. The van der Waals surface area contributed by atoms with Gasteiger partial charge in [-0.05, 0) is 26.7 Å². The molecule has 2 N–H and O–H groups in total. The van der Waals surface area contributed by atoms with Crippen molar-refractivity contribution >= 4 is 5.91 Å². The molecule has 1 amide bonds. The maximum Gasteiger partial charge on any atom is 0.221 e. The minimum absolute atomic E-state index is 0.0127. The maximum absolute atomic E-state index is 11.1. The van der Waals surface area contributed by atoms with Crippen LogP contribution in [0.3, 0.4) is 0 Å². The summed E-state index contributed by atoms with van der Waals surface area (Å²) in [7, 11) is 0. The lowest BCUT2D eigenvalue weighted by molar-refractivity contribution is -0.120. The highest BCUT2D eigenvalue weighted by Crippen LogP contribution is 2.23. The van der Waals surface area contributed by atoms with Crippen LogP contribution in [0.1, 0.15) is 33.1 Å². The van der Waals surface area contributed by atoms with E-state index >= 15 is 0 Å². The number of hydrogen-bond acceptors (Lipinski definition) is 3. The van der Waals surface area contributed by atoms with E-state index in [0.29, 0.717) is 13.0 Å². The van der Waals surface area contributed by atoms with Crippen molar-refractivity contribution in [1.29, 1.82) is 0 Å². The van der Waals surface area contributed by atoms with E-state index in [1.165, 1.54) is 0 Å². The average Bonchev–Trinajstić information content (AvgIpc) is 2.61. The number of amides is 1. The first-order valence-corrected chi connectivity index (χ1v) is 5.78. The van der Waals surface area contributed by atoms with E-state index in [1.807, 2.05) is 6.92 Å². The van der Waals surface area contributed by atoms with Gasteiger partial charge in [-0.1, -0.05) is 0 Å². The fourth-order valence-electron chi connectivity index (χ4n) is 1.82. The molecule has 1 rings (SSSR count). The van der Waals surface area contributed by atoms with Crippen molar-refractivity contribution in [2.24, 2.45) is 0 Å². The third-order valence-electron chi connectivity index (χ3n) is 2.70. The number of carbonyl (C=O) groups excluding carboxylic acids is 1. The largest absolute Gasteiger partial charge is 0.374 e. The van der Waals surface area contributed by atoms with E-state index in [9.17, 15) is 4.79 Å². The molecule has 1 aliphatic rings. The Bertz CT molecular complexity index is 201. The minimum atomic E-state index is -0.0127. The summed E-state index contributed by atoms with van der Waals surface area (Å²) in [6.45, 7) is 7.20. The molecular weight excluding hydrogens is 192 g/mol. The van der Waals surface area contributed by atoms with Gasteiger partial charge in [-0.2, -0.15) is 0 Å². The molecule has 0 spiro atoms. The summed E-state index contributed by atoms with van der Waals surface area (Å²) >= 11 is 0. The summed E-state index contributed by atoms with van der Waals surface area (Å²) in [5, 5.41) is 6.04. The van der Waals surface area contributed by atoms with Crippen LogP contribution in [0, 0.1) is 0 Å². The predicted octanol–water partition coefficient (Wildman–Crippen LogP) is 0.671. The van der Waals surface area contributed by atoms with E-state index in [2.05, 4.69) is 17.6 Å². The minimum Gasteiger partial charge on any atom is -0.374 e. The van der Waals surface area contributed by atoms with Crippen molar-refractivity contribution < 1.29 is 9.53 Å². The Hall–Kier alpha value is -0.610. The van der Waals surface area contributed by atoms with Crippen LogP contribution in [0.15, 0.2) is 0 Å². The molecule has 88 valence electrons. The maximum atomic E-state index is 11.1. The standard InChI is InChI=1S/C11H22N2O2/c1-3-13-10(14)5-7-12-9-11(2)6-4-8-15-11/h12H,3-9H2,1-2H3,(H,13,14). The van der Waals surface area contributed by atoms with Gasteiger partial charge < -0.3 is 15.4 Å². The molecular formula is C11H22N2O2. The molecule has 0 aromatic carbocycles. The summed E-state index contributed by atoms with van der Waals surface area (Å²) in [5.74, 6) is 0.113. The van der Waals surface area contributed by atoms with Crippen LogP contribution >= 0.6 is 0 Å². The molecule has 0 aromatic heterocycles. The zero-order valence-electron chi connectivity index (χ0n) is 9.77. The first-order chi connectivity index (χ1) is 7.16. The van der Waals surface area contributed by atoms with E-state index in [1.54, 1.807) is 0 Å². The normalized spacial score (nSPS) is 25.5. The van der Waals surface area contributed by atoms with Crippen LogP contribution < -0.4 is 10.6 Å². The lowest BCUT2D eigenvalue weighted by atomic mass is 10.0. The Morgan fingerprint density at radius 1 is 1.53 bits per heavy atom. The van der Waals surface area contributed by atoms with Crippen LogP contribution in [0.4, 0.5) is 0 Å². The third-order valence-corrected chi connectivity index (χ3v) is 2.70. The van der Waals surface area contributed by atoms with Crippen molar-refractivity contribution in [1.82, 2.24) is 10.6 Å². The van der Waals surface area contributed by atoms with Crippen LogP contribution in [0.5, 0.6) is 0 Å². The number of hydrogen-bond donors (Lipinski definition) is 2. The van der Waals surface area contributed by atoms with Gasteiger partial charge in [0.2, 0.25) is 5.91 Å². The Morgan fingerprint density at radius 3 is 2.93 bits per heavy atom. The van der Waals surface area contributed by atoms with E-state index in [-0.39, 0.29) is 11.5 Å². The molecule has 1 heterocycles. The molecule has 0 saturated carbocycles. The fraction of sp³-hybridized carbons (Fsp3) is 0.909. The van der Waals surface area contributed by atoms with Gasteiger partial charge in [0, 0.05) is 32.7 Å². The highest BCUT2D eigenvalue weighted by Gasteiger charge is 2.28. The molecule has 0 radical (unpaired) electrons. The molecule has 1 aliphatic heterocycles. The monoisotopic (exact) mass is 214 g/mol. The van der Waals surface area contributed by atoms with Gasteiger partial charge >= 0.3 is 0 Å². The van der Waals surface area contributed by atoms with Gasteiger partial charge in [0.15, 0.2) is 0 Å². The molecule has 15 heavy (non-hydrogen) atoms. The van der Waals surface area contributed by atoms with Gasteiger partial charge in [0.05, 0.1) is 5.60 Å². The summed E-state index contributed by atoms with van der Waals surface area (Å²) in [6, 6.07) is 0. The quantitative estimate of drug-likeness (QED) is 0.639. The van der Waals surface area contributed by atoms with Crippen LogP contribution in [0.2, 0.25) is 0 Å². The Balaban J connectivity index is 2.03. The number of rotatable bonds is 6. The smallest absolute Gasteiger partial charge is 0.221 e. The van der Waals surface area contributed by atoms with Gasteiger partial charge in [0.1, 0.15) is 0 Å². The SMILES string of the molecule is CCNC(=O)CCNCC1(C)CCCO1. The van der Waals surface area contributed by atoms with Crippen molar-refractivity contribution in [3.05, 3.63) is 0 Å². The second-order valence-corrected chi connectivity index (χ2v) is 4.28. The number of ether oxygens (including phenoxy) is 1. The predicted molar refractivity (Wildman–Crippen MR) is 59.8 cm³/mol. The Morgan fingerprint density at radius 2 is 2.33 bits per heavy atom. The highest BCUT2D eigenvalue weighted by molar-refractivity contribution is 5.75. The van der Waals surface area contributed by atoms with Crippen molar-refractivity contribution in [3.8, 4) is 0 Å². The molecule has 0 aliphatic carbocycles. The van der Waals surface area contributed by atoms with Gasteiger partial charge in [-0.25, -0.2) is 0 Å². The molecule has 1 fully saturated rings. The second-order valence-electron chi connectivity index (χ2n) is 4.28. The Labute approximate surface area is 91.8 Å². The summed E-state index contributed by atoms with van der Waals surface area (Å²) in [5.41, 5.74) is -0.0127. The third kappa shape index (κ3) is 4.62. The molecule has 1 unspecified atom stereocenters. The molecule has 4 heteroatoms. The highest BCUT2D eigenvalue weighted by atomic mass is 16.5. The first kappa shape index (κ1) is 12.5. The van der Waals surface area contributed by atoms with Crippen LogP contribution in [-0.2, 0) is 9.53 Å². The van der Waals surface area contributed by atoms with E-state index in [0.717, 1.165) is 32.5 Å². The number of carbonyl (C=O) groups is 1. The summed E-state index contributed by atoms with van der Waals surface area (Å²) < 4.78 is 5.63. The van der Waals surface area contributed by atoms with Crippen molar-refractivity contribution in [2.45, 2.75) is 38.7 Å². The molecule has 1 saturated heterocycles. The van der Waals surface area contributed by atoms with Crippen molar-refractivity contribution in [3.63, 3.8) is 0 Å². The second kappa shape index (κ2) is 6.08. The van der Waals surface area contributed by atoms with E-state index in [4.69, 9.17) is 4.74 Å². The van der Waals surface area contributed by atoms with Gasteiger partial charge in [-0.3, -0.25) is 4.79 Å². The average molecular weight is 214 g/mol. The fourth-order valence-corrected chi connectivity index (χ4v) is 1.82. The lowest BCUT2D eigenvalue weighted by Crippen LogP contribution is -2.38. The lowest BCUT2D eigenvalue weighted by Gasteiger charge is -2.23.